The summed E-state index contributed by atoms with van der Waals surface area (Å²) in [5.74, 6) is -1.77. The molecule has 5 rings (SSSR count). The predicted octanol–water partition coefficient (Wildman–Crippen LogP) is 4.89. The van der Waals surface area contributed by atoms with E-state index in [0.29, 0.717) is 24.8 Å². The lowest BCUT2D eigenvalue weighted by Crippen LogP contribution is -2.46. The van der Waals surface area contributed by atoms with E-state index in [9.17, 15) is 29.2 Å². The molecule has 63 heavy (non-hydrogen) atoms. The van der Waals surface area contributed by atoms with E-state index in [-0.39, 0.29) is 19.2 Å². The van der Waals surface area contributed by atoms with Gasteiger partial charge in [-0.15, -0.1) is 0 Å². The van der Waals surface area contributed by atoms with Crippen LogP contribution in [0.4, 0.5) is 0 Å². The molecule has 5 aromatic rings. The van der Waals surface area contributed by atoms with Crippen LogP contribution < -0.4 is 15.7 Å². The highest BCUT2D eigenvalue weighted by Crippen LogP contribution is 2.12. The van der Waals surface area contributed by atoms with Crippen molar-refractivity contribution in [2.45, 2.75) is 84.9 Å². The molecule has 0 aromatic heterocycles. The fraction of sp³-hybridized carbons (Fsp3) is 0.277. The molecule has 0 spiro atoms. The van der Waals surface area contributed by atoms with E-state index in [1.165, 1.54) is 6.82 Å². The van der Waals surface area contributed by atoms with Crippen molar-refractivity contribution in [2.75, 3.05) is 0 Å². The van der Waals surface area contributed by atoms with Gasteiger partial charge in [-0.05, 0) is 87.5 Å². The van der Waals surface area contributed by atoms with Crippen LogP contribution in [0, 0.1) is 13.8 Å². The number of carbonyl (C=O) groups is 4. The van der Waals surface area contributed by atoms with Gasteiger partial charge in [0.2, 0.25) is 0 Å². The number of nitrogens with one attached hydrogen (secondary N) is 3. The fourth-order valence-electron chi connectivity index (χ4n) is 6.35. The molecule has 0 radical (unpaired) electrons. The normalized spacial score (nSPS) is 11.8. The zero-order chi connectivity index (χ0) is 46.1. The van der Waals surface area contributed by atoms with Crippen molar-refractivity contribution >= 4 is 45.3 Å². The molecule has 3 atom stereocenters. The van der Waals surface area contributed by atoms with Crippen LogP contribution in [0.5, 0.6) is 0 Å². The van der Waals surface area contributed by atoms with Gasteiger partial charge in [0.25, 0.3) is 0 Å². The zero-order valence-electron chi connectivity index (χ0n) is 36.5. The molecular weight excluding hydrogens is 799 g/mol. The third kappa shape index (κ3) is 21.2. The maximum atomic E-state index is 12.3. The van der Waals surface area contributed by atoms with Crippen molar-refractivity contribution in [1.29, 1.82) is 0 Å². The minimum absolute atomic E-state index is 0.173. The predicted molar refractivity (Wildman–Crippen MR) is 248 cm³/mol. The van der Waals surface area contributed by atoms with Gasteiger partial charge in [0.15, 0.2) is 0 Å². The Labute approximate surface area is 371 Å². The summed E-state index contributed by atoms with van der Waals surface area (Å²) in [6, 6.07) is 39.5. The van der Waals surface area contributed by atoms with E-state index >= 15 is 0 Å². The summed E-state index contributed by atoms with van der Waals surface area (Å²) in [4.78, 5) is 46.5. The Balaban J connectivity index is 0.000000257. The summed E-state index contributed by atoms with van der Waals surface area (Å²) in [6.07, 6.45) is 1.91. The zero-order valence-corrected chi connectivity index (χ0v) is 36.5. The average molecular weight is 857 g/mol. The summed E-state index contributed by atoms with van der Waals surface area (Å²) in [7, 11) is -2.46. The number of aryl methyl sites for hydroxylation is 2. The second-order valence-electron chi connectivity index (χ2n) is 15.2. The molecule has 330 valence electrons. The molecule has 3 unspecified atom stereocenters. The van der Waals surface area contributed by atoms with Gasteiger partial charge in [-0.25, -0.2) is 0 Å². The largest absolute Gasteiger partial charge is 0.480 e. The van der Waals surface area contributed by atoms with Crippen molar-refractivity contribution in [2.24, 2.45) is 0 Å². The lowest BCUT2D eigenvalue weighted by atomic mass is 9.86. The Morgan fingerprint density at radius 3 is 1.24 bits per heavy atom. The highest BCUT2D eigenvalue weighted by molar-refractivity contribution is 6.46. The maximum absolute atomic E-state index is 12.3. The molecule has 0 heterocycles. The van der Waals surface area contributed by atoms with E-state index in [0.717, 1.165) is 45.2 Å². The van der Waals surface area contributed by atoms with E-state index in [2.05, 4.69) is 15.7 Å². The highest BCUT2D eigenvalue weighted by atomic mass is 16.5. The SMILES string of the molecule is CB(O)NC(Cc1cccc(C)c1)C(=O)O.CB(O)NC(Cc1cccc(C)c1)C(=O)OCc1ccccc1.CB(O)NC(Cc1cccc(C=O)c1)C(=O)OCc1ccccc1. The Morgan fingerprint density at radius 1 is 0.524 bits per heavy atom. The van der Waals surface area contributed by atoms with Crippen LogP contribution in [0.15, 0.2) is 133 Å². The minimum atomic E-state index is -0.956. The monoisotopic (exact) mass is 857 g/mol. The van der Waals surface area contributed by atoms with E-state index in [4.69, 9.17) is 19.6 Å². The summed E-state index contributed by atoms with van der Waals surface area (Å²) in [6.45, 7) is 9.01. The van der Waals surface area contributed by atoms with Crippen LogP contribution in [0.3, 0.4) is 0 Å². The lowest BCUT2D eigenvalue weighted by Gasteiger charge is -2.18. The Morgan fingerprint density at radius 2 is 0.873 bits per heavy atom. The van der Waals surface area contributed by atoms with E-state index in [1.54, 1.807) is 31.8 Å². The Kier molecular flexibility index (Phi) is 22.8. The average Bonchev–Trinajstić information content (AvgIpc) is 3.25. The van der Waals surface area contributed by atoms with Crippen LogP contribution in [0.1, 0.15) is 49.3 Å². The van der Waals surface area contributed by atoms with Gasteiger partial charge < -0.3 is 45.3 Å². The number of aliphatic carboxylic acids is 1. The van der Waals surface area contributed by atoms with Crippen molar-refractivity contribution < 1.29 is 48.8 Å². The first-order chi connectivity index (χ1) is 30.1. The number of carbonyl (C=O) groups excluding carboxylic acids is 3. The number of ether oxygens (including phenoxy) is 2. The number of hydrogen-bond acceptors (Lipinski definition) is 12. The van der Waals surface area contributed by atoms with Crippen LogP contribution in [0.25, 0.3) is 0 Å². The second kappa shape index (κ2) is 28.0. The molecule has 0 amide bonds. The number of benzene rings is 5. The number of esters is 2. The molecule has 0 bridgehead atoms. The molecule has 16 heteroatoms. The maximum Gasteiger partial charge on any atom is 0.374 e. The quantitative estimate of drug-likeness (QED) is 0.0317. The van der Waals surface area contributed by atoms with Gasteiger partial charge in [0.05, 0.1) is 0 Å². The van der Waals surface area contributed by atoms with Gasteiger partial charge in [-0.3, -0.25) is 19.2 Å². The van der Waals surface area contributed by atoms with Gasteiger partial charge in [0.1, 0.15) is 37.6 Å². The van der Waals surface area contributed by atoms with Gasteiger partial charge in [-0.2, -0.15) is 0 Å². The molecule has 0 aliphatic heterocycles. The third-order valence-electron chi connectivity index (χ3n) is 9.21. The van der Waals surface area contributed by atoms with Crippen LogP contribution >= 0.6 is 0 Å². The first kappa shape index (κ1) is 51.5. The molecule has 0 saturated heterocycles. The molecule has 0 aliphatic carbocycles. The molecule has 7 N–H and O–H groups in total. The first-order valence-corrected chi connectivity index (χ1v) is 20.7. The van der Waals surface area contributed by atoms with Gasteiger partial charge in [-0.1, -0.05) is 139 Å². The lowest BCUT2D eigenvalue weighted by molar-refractivity contribution is -0.147. The van der Waals surface area contributed by atoms with Crippen molar-refractivity contribution in [3.8, 4) is 0 Å². The minimum Gasteiger partial charge on any atom is -0.480 e. The van der Waals surface area contributed by atoms with Crippen molar-refractivity contribution in [1.82, 2.24) is 15.7 Å². The fourth-order valence-corrected chi connectivity index (χ4v) is 6.35. The van der Waals surface area contributed by atoms with Crippen LogP contribution in [0.2, 0.25) is 20.5 Å². The standard InChI is InChI=1S/C18H20BNO4.C18H22BNO3.C11H16BNO3/c1-19(23)20-17(11-15-8-5-9-16(10-15)12-21)18(22)24-13-14-6-3-2-4-7-14;1-14-7-6-10-16(11-14)12-17(20-19(2)22)18(21)23-13-15-8-4-3-5-9-15;1-8-4-3-5-9(6-8)7-10(11(14)15)13-12(2)16/h2-10,12,17,20,23H,11,13H2,1H3;3-11,17,20,22H,12-13H2,1-2H3;3-6,10,13,16H,7H2,1-2H3,(H,14,15). The summed E-state index contributed by atoms with van der Waals surface area (Å²) < 4.78 is 10.7. The molecule has 0 aliphatic rings. The van der Waals surface area contributed by atoms with E-state index in [1.807, 2.05) is 129 Å². The van der Waals surface area contributed by atoms with E-state index < -0.39 is 51.2 Å². The number of hydrogen-bond donors (Lipinski definition) is 7. The number of carboxylic acid groups (broad SMARTS) is 1. The topological polar surface area (TPSA) is 204 Å². The summed E-state index contributed by atoms with van der Waals surface area (Å²) in [5.41, 5.74) is 7.39. The number of carboxylic acids is 1. The Hall–Kier alpha value is -5.87. The summed E-state index contributed by atoms with van der Waals surface area (Å²) in [5, 5.41) is 45.5. The number of aldehydes is 1. The molecule has 5 aromatic carbocycles. The highest BCUT2D eigenvalue weighted by Gasteiger charge is 2.25. The Bertz CT molecular complexity index is 2150. The molecular formula is C47H58B3N3O10. The smallest absolute Gasteiger partial charge is 0.374 e. The number of rotatable bonds is 20. The molecule has 13 nitrogen and oxygen atoms in total. The van der Waals surface area contributed by atoms with Crippen LogP contribution in [-0.2, 0) is 56.3 Å². The first-order valence-electron chi connectivity index (χ1n) is 20.7. The third-order valence-corrected chi connectivity index (χ3v) is 9.21. The summed E-state index contributed by atoms with van der Waals surface area (Å²) >= 11 is 0. The van der Waals surface area contributed by atoms with Gasteiger partial charge in [0, 0.05) is 5.56 Å². The van der Waals surface area contributed by atoms with Gasteiger partial charge >= 0.3 is 39.1 Å². The van der Waals surface area contributed by atoms with Crippen molar-refractivity contribution in [3.63, 3.8) is 0 Å². The molecule has 0 saturated carbocycles. The second-order valence-corrected chi connectivity index (χ2v) is 15.2. The molecule has 0 fully saturated rings. The van der Waals surface area contributed by atoms with Crippen LogP contribution in [-0.4, -0.2) is 83.6 Å². The van der Waals surface area contributed by atoms with Crippen molar-refractivity contribution in [3.05, 3.63) is 178 Å².